The van der Waals surface area contributed by atoms with Crippen LogP contribution >= 0.6 is 0 Å². The molecule has 4 aromatic rings. The van der Waals surface area contributed by atoms with Crippen LogP contribution in [-0.2, 0) is 19.5 Å². The molecule has 148 valence electrons. The van der Waals surface area contributed by atoms with Crippen molar-refractivity contribution in [3.8, 4) is 22.5 Å². The first-order valence-electron chi connectivity index (χ1n) is 9.77. The van der Waals surface area contributed by atoms with Crippen molar-refractivity contribution in [2.75, 3.05) is 6.54 Å². The van der Waals surface area contributed by atoms with Crippen LogP contribution in [0.4, 0.5) is 4.39 Å². The first kappa shape index (κ1) is 18.4. The Morgan fingerprint density at radius 1 is 0.867 bits per heavy atom. The summed E-state index contributed by atoms with van der Waals surface area (Å²) in [5.74, 6) is 0.430. The topological polar surface area (TPSA) is 67.7 Å². The fraction of sp³-hybridized carbons (Fsp3) is 0.174. The van der Waals surface area contributed by atoms with Crippen molar-refractivity contribution in [2.45, 2.75) is 19.5 Å². The SMILES string of the molecule is Fc1ccc(-c2cncc(CN3CCc4nc(-c5cncnc5)ncc4C3)c2)cc1. The van der Waals surface area contributed by atoms with Crippen LogP contribution in [0.1, 0.15) is 16.8 Å². The van der Waals surface area contributed by atoms with E-state index in [1.165, 1.54) is 18.5 Å². The van der Waals surface area contributed by atoms with Gasteiger partial charge in [-0.3, -0.25) is 9.88 Å². The Labute approximate surface area is 173 Å². The van der Waals surface area contributed by atoms with E-state index in [0.717, 1.165) is 59.6 Å². The molecule has 0 unspecified atom stereocenters. The maximum Gasteiger partial charge on any atom is 0.162 e. The van der Waals surface area contributed by atoms with Gasteiger partial charge in [-0.1, -0.05) is 12.1 Å². The number of aromatic nitrogens is 5. The summed E-state index contributed by atoms with van der Waals surface area (Å²) in [6.07, 6.45) is 11.4. The van der Waals surface area contributed by atoms with Gasteiger partial charge in [-0.15, -0.1) is 0 Å². The molecule has 30 heavy (non-hydrogen) atoms. The first-order chi connectivity index (χ1) is 14.7. The molecule has 0 radical (unpaired) electrons. The second kappa shape index (κ2) is 8.04. The minimum absolute atomic E-state index is 0.236. The highest BCUT2D eigenvalue weighted by Crippen LogP contribution is 2.23. The molecule has 0 atom stereocenters. The summed E-state index contributed by atoms with van der Waals surface area (Å²) in [5.41, 5.74) is 6.12. The zero-order chi connectivity index (χ0) is 20.3. The minimum atomic E-state index is -0.236. The van der Waals surface area contributed by atoms with Crippen LogP contribution in [0.5, 0.6) is 0 Å². The number of hydrogen-bond donors (Lipinski definition) is 0. The fourth-order valence-corrected chi connectivity index (χ4v) is 3.70. The largest absolute Gasteiger partial charge is 0.294 e. The molecular weight excluding hydrogens is 379 g/mol. The van der Waals surface area contributed by atoms with E-state index in [4.69, 9.17) is 4.98 Å². The van der Waals surface area contributed by atoms with Crippen LogP contribution in [-0.4, -0.2) is 36.4 Å². The second-order valence-corrected chi connectivity index (χ2v) is 7.34. The molecule has 0 fully saturated rings. The van der Waals surface area contributed by atoms with Gasteiger partial charge in [-0.2, -0.15) is 0 Å². The molecule has 0 spiro atoms. The number of hydrogen-bond acceptors (Lipinski definition) is 6. The third-order valence-corrected chi connectivity index (χ3v) is 5.21. The lowest BCUT2D eigenvalue weighted by Gasteiger charge is -2.28. The molecule has 0 saturated carbocycles. The smallest absolute Gasteiger partial charge is 0.162 e. The van der Waals surface area contributed by atoms with Gasteiger partial charge in [0.2, 0.25) is 0 Å². The number of nitrogens with zero attached hydrogens (tertiary/aromatic N) is 6. The van der Waals surface area contributed by atoms with Gasteiger partial charge in [0.05, 0.1) is 11.3 Å². The summed E-state index contributed by atoms with van der Waals surface area (Å²) in [7, 11) is 0. The standard InChI is InChI=1S/C23H19FN6/c24-21-3-1-17(2-4-21)18-7-16(8-25-9-18)13-30-6-5-22-20(14-30)12-28-23(29-22)19-10-26-15-27-11-19/h1-4,7-12,15H,5-6,13-14H2. The molecular formula is C23H19FN6. The number of benzene rings is 1. The molecule has 1 aliphatic heterocycles. The van der Waals surface area contributed by atoms with Crippen molar-refractivity contribution in [2.24, 2.45) is 0 Å². The fourth-order valence-electron chi connectivity index (χ4n) is 3.70. The average Bonchev–Trinajstić information content (AvgIpc) is 2.80. The lowest BCUT2D eigenvalue weighted by molar-refractivity contribution is 0.242. The van der Waals surface area contributed by atoms with Gasteiger partial charge in [0.15, 0.2) is 5.82 Å². The highest BCUT2D eigenvalue weighted by Gasteiger charge is 2.19. The van der Waals surface area contributed by atoms with Gasteiger partial charge in [-0.05, 0) is 29.3 Å². The molecule has 4 heterocycles. The van der Waals surface area contributed by atoms with E-state index in [0.29, 0.717) is 5.82 Å². The maximum absolute atomic E-state index is 13.2. The summed E-state index contributed by atoms with van der Waals surface area (Å²) >= 11 is 0. The van der Waals surface area contributed by atoms with E-state index in [-0.39, 0.29) is 5.82 Å². The number of fused-ring (bicyclic) bond motifs is 1. The lowest BCUT2D eigenvalue weighted by Crippen LogP contribution is -2.31. The zero-order valence-electron chi connectivity index (χ0n) is 16.2. The molecule has 0 bridgehead atoms. The van der Waals surface area contributed by atoms with Gasteiger partial charge in [-0.25, -0.2) is 24.3 Å². The molecule has 0 saturated heterocycles. The molecule has 7 heteroatoms. The Morgan fingerprint density at radius 2 is 1.67 bits per heavy atom. The molecule has 1 aromatic carbocycles. The van der Waals surface area contributed by atoms with Gasteiger partial charge in [0.25, 0.3) is 0 Å². The molecule has 1 aliphatic rings. The van der Waals surface area contributed by atoms with E-state index in [2.05, 4.69) is 30.9 Å². The third kappa shape index (κ3) is 3.92. The maximum atomic E-state index is 13.2. The Hall–Kier alpha value is -3.58. The van der Waals surface area contributed by atoms with Crippen molar-refractivity contribution in [1.29, 1.82) is 0 Å². The molecule has 5 rings (SSSR count). The monoisotopic (exact) mass is 398 g/mol. The Kier molecular flexibility index (Phi) is 4.94. The Balaban J connectivity index is 1.31. The first-order valence-corrected chi connectivity index (χ1v) is 9.77. The van der Waals surface area contributed by atoms with Crippen molar-refractivity contribution in [1.82, 2.24) is 29.8 Å². The predicted octanol–water partition coefficient (Wildman–Crippen LogP) is 3.69. The second-order valence-electron chi connectivity index (χ2n) is 7.34. The number of rotatable bonds is 4. The van der Waals surface area contributed by atoms with Crippen molar-refractivity contribution >= 4 is 0 Å². The highest BCUT2D eigenvalue weighted by atomic mass is 19.1. The van der Waals surface area contributed by atoms with Crippen LogP contribution in [0.2, 0.25) is 0 Å². The van der Waals surface area contributed by atoms with E-state index in [1.807, 2.05) is 18.6 Å². The van der Waals surface area contributed by atoms with Crippen molar-refractivity contribution in [3.63, 3.8) is 0 Å². The Morgan fingerprint density at radius 3 is 2.50 bits per heavy atom. The lowest BCUT2D eigenvalue weighted by atomic mass is 10.0. The van der Waals surface area contributed by atoms with Gasteiger partial charge < -0.3 is 0 Å². The predicted molar refractivity (Wildman–Crippen MR) is 111 cm³/mol. The van der Waals surface area contributed by atoms with E-state index >= 15 is 0 Å². The average molecular weight is 398 g/mol. The molecule has 0 N–H and O–H groups in total. The zero-order valence-corrected chi connectivity index (χ0v) is 16.2. The molecule has 0 amide bonds. The highest BCUT2D eigenvalue weighted by molar-refractivity contribution is 5.62. The minimum Gasteiger partial charge on any atom is -0.294 e. The summed E-state index contributed by atoms with van der Waals surface area (Å²) in [5, 5.41) is 0. The van der Waals surface area contributed by atoms with E-state index < -0.39 is 0 Å². The van der Waals surface area contributed by atoms with Gasteiger partial charge >= 0.3 is 0 Å². The quantitative estimate of drug-likeness (QED) is 0.522. The van der Waals surface area contributed by atoms with E-state index in [9.17, 15) is 4.39 Å². The molecule has 6 nitrogen and oxygen atoms in total. The van der Waals surface area contributed by atoms with Crippen LogP contribution in [0.15, 0.2) is 67.6 Å². The normalized spacial score (nSPS) is 13.8. The van der Waals surface area contributed by atoms with Crippen LogP contribution < -0.4 is 0 Å². The van der Waals surface area contributed by atoms with Crippen LogP contribution in [0.3, 0.4) is 0 Å². The molecule has 3 aromatic heterocycles. The summed E-state index contributed by atoms with van der Waals surface area (Å²) in [6, 6.07) is 8.61. The molecule has 0 aliphatic carbocycles. The van der Waals surface area contributed by atoms with Crippen molar-refractivity contribution < 1.29 is 4.39 Å². The third-order valence-electron chi connectivity index (χ3n) is 5.21. The van der Waals surface area contributed by atoms with E-state index in [1.54, 1.807) is 24.5 Å². The van der Waals surface area contributed by atoms with Crippen LogP contribution in [0, 0.1) is 5.82 Å². The summed E-state index contributed by atoms with van der Waals surface area (Å²) in [4.78, 5) is 24.1. The van der Waals surface area contributed by atoms with Crippen LogP contribution in [0.25, 0.3) is 22.5 Å². The Bertz CT molecular complexity index is 1160. The van der Waals surface area contributed by atoms with Gasteiger partial charge in [0, 0.05) is 68.2 Å². The van der Waals surface area contributed by atoms with Gasteiger partial charge in [0.1, 0.15) is 12.1 Å². The summed E-state index contributed by atoms with van der Waals surface area (Å²) < 4.78 is 13.2. The number of pyridine rings is 1. The van der Waals surface area contributed by atoms with Crippen molar-refractivity contribution in [3.05, 3.63) is 90.3 Å². The number of halogens is 1. The summed E-state index contributed by atoms with van der Waals surface area (Å²) in [6.45, 7) is 2.49.